The Bertz CT molecular complexity index is 846. The minimum absolute atomic E-state index is 0.829. The number of hydrogen-bond donors (Lipinski definition) is 0. The zero-order valence-electron chi connectivity index (χ0n) is 28.9. The van der Waals surface area contributed by atoms with Gasteiger partial charge in [-0.25, -0.2) is 0 Å². The monoisotopic (exact) mass is 587 g/mol. The molecule has 4 saturated carbocycles. The van der Waals surface area contributed by atoms with E-state index in [9.17, 15) is 0 Å². The summed E-state index contributed by atoms with van der Waals surface area (Å²) in [6, 6.07) is 9.30. The van der Waals surface area contributed by atoms with E-state index in [4.69, 9.17) is 0 Å². The average Bonchev–Trinajstić information content (AvgIpc) is 3.05. The summed E-state index contributed by atoms with van der Waals surface area (Å²) in [7, 11) is 0. The van der Waals surface area contributed by atoms with Crippen LogP contribution in [0.25, 0.3) is 0 Å². The van der Waals surface area contributed by atoms with Crippen LogP contribution in [0.3, 0.4) is 0 Å². The van der Waals surface area contributed by atoms with Crippen molar-refractivity contribution in [3.8, 4) is 0 Å². The fourth-order valence-electron chi connectivity index (χ4n) is 9.53. The lowest BCUT2D eigenvalue weighted by Crippen LogP contribution is -2.25. The third-order valence-corrected chi connectivity index (χ3v) is 12.5. The van der Waals surface area contributed by atoms with Crippen LogP contribution in [0.1, 0.15) is 172 Å². The summed E-state index contributed by atoms with van der Waals surface area (Å²) in [5, 5.41) is 0. The fraction of sp³-hybridized carbons (Fsp3) is 0.767. The van der Waals surface area contributed by atoms with Crippen LogP contribution in [0.5, 0.6) is 0 Å². The normalized spacial score (nSPS) is 33.5. The lowest BCUT2D eigenvalue weighted by atomic mass is 9.68. The van der Waals surface area contributed by atoms with Gasteiger partial charge < -0.3 is 0 Å². The van der Waals surface area contributed by atoms with Crippen LogP contribution in [0.4, 0.5) is 0 Å². The highest BCUT2D eigenvalue weighted by molar-refractivity contribution is 5.24. The maximum absolute atomic E-state index is 3.87. The molecule has 242 valence electrons. The van der Waals surface area contributed by atoms with Crippen molar-refractivity contribution in [2.75, 3.05) is 0 Å². The lowest BCUT2D eigenvalue weighted by molar-refractivity contribution is 0.157. The summed E-state index contributed by atoms with van der Waals surface area (Å²) in [5.41, 5.74) is 2.97. The highest BCUT2D eigenvalue weighted by atomic mass is 14.4. The highest BCUT2D eigenvalue weighted by Crippen LogP contribution is 2.44. The van der Waals surface area contributed by atoms with Gasteiger partial charge in [-0.1, -0.05) is 100 Å². The lowest BCUT2D eigenvalue weighted by Gasteiger charge is -2.38. The van der Waals surface area contributed by atoms with Gasteiger partial charge in [0.25, 0.3) is 0 Å². The molecular formula is C43H70. The molecule has 1 aromatic rings. The molecule has 0 aliphatic heterocycles. The molecule has 0 atom stereocenters. The van der Waals surface area contributed by atoms with Gasteiger partial charge in [0.1, 0.15) is 0 Å². The van der Waals surface area contributed by atoms with E-state index in [2.05, 4.69) is 69.8 Å². The smallest absolute Gasteiger partial charge is 0.0162 e. The van der Waals surface area contributed by atoms with Crippen LogP contribution in [-0.4, -0.2) is 0 Å². The van der Waals surface area contributed by atoms with Crippen LogP contribution in [-0.2, 0) is 0 Å². The number of aryl methyl sites for hydroxylation is 1. The van der Waals surface area contributed by atoms with E-state index in [1.165, 1.54) is 147 Å². The molecule has 43 heavy (non-hydrogen) atoms. The maximum atomic E-state index is 3.87. The van der Waals surface area contributed by atoms with Gasteiger partial charge in [0.2, 0.25) is 0 Å². The summed E-state index contributed by atoms with van der Waals surface area (Å²) in [4.78, 5) is 0. The molecule has 0 saturated heterocycles. The first-order chi connectivity index (χ1) is 21.1. The Hall–Kier alpha value is -1.30. The summed E-state index contributed by atoms with van der Waals surface area (Å²) < 4.78 is 0. The van der Waals surface area contributed by atoms with E-state index in [1.807, 2.05) is 0 Å². The predicted octanol–water partition coefficient (Wildman–Crippen LogP) is 13.8. The third kappa shape index (κ3) is 11.9. The minimum atomic E-state index is 0.829. The van der Waals surface area contributed by atoms with Gasteiger partial charge in [-0.15, -0.1) is 6.58 Å². The first-order valence-corrected chi connectivity index (χ1v) is 19.4. The zero-order valence-corrected chi connectivity index (χ0v) is 28.9. The average molecular weight is 587 g/mol. The molecule has 0 aromatic heterocycles. The summed E-state index contributed by atoms with van der Waals surface area (Å²) in [6.07, 6.45) is 39.2. The molecule has 0 heteroatoms. The summed E-state index contributed by atoms with van der Waals surface area (Å²) >= 11 is 0. The number of allylic oxidation sites excluding steroid dienone is 3. The van der Waals surface area contributed by atoms with E-state index in [0.29, 0.717) is 0 Å². The van der Waals surface area contributed by atoms with Crippen LogP contribution < -0.4 is 0 Å². The van der Waals surface area contributed by atoms with Crippen molar-refractivity contribution in [3.05, 3.63) is 60.2 Å². The Morgan fingerprint density at radius 2 is 0.977 bits per heavy atom. The van der Waals surface area contributed by atoms with E-state index in [0.717, 1.165) is 47.3 Å². The molecule has 4 fully saturated rings. The van der Waals surface area contributed by atoms with E-state index < -0.39 is 0 Å². The fourth-order valence-corrected chi connectivity index (χ4v) is 9.53. The zero-order chi connectivity index (χ0) is 30.3. The van der Waals surface area contributed by atoms with Crippen molar-refractivity contribution in [2.24, 2.45) is 41.4 Å². The van der Waals surface area contributed by atoms with E-state index in [-0.39, 0.29) is 0 Å². The molecule has 4 aliphatic rings. The second-order valence-electron chi connectivity index (χ2n) is 15.7. The molecule has 0 amide bonds. The first-order valence-electron chi connectivity index (χ1n) is 19.4. The molecule has 0 unspecified atom stereocenters. The van der Waals surface area contributed by atoms with Gasteiger partial charge in [-0.05, 0) is 163 Å². The van der Waals surface area contributed by atoms with Crippen molar-refractivity contribution in [2.45, 2.75) is 168 Å². The maximum Gasteiger partial charge on any atom is -0.0162 e. The Morgan fingerprint density at radius 3 is 1.42 bits per heavy atom. The van der Waals surface area contributed by atoms with Gasteiger partial charge in [-0.3, -0.25) is 0 Å². The number of rotatable bonds is 11. The molecule has 0 radical (unpaired) electrons. The topological polar surface area (TPSA) is 0 Å². The van der Waals surface area contributed by atoms with Gasteiger partial charge in [0.15, 0.2) is 0 Å². The van der Waals surface area contributed by atoms with Crippen LogP contribution >= 0.6 is 0 Å². The second kappa shape index (κ2) is 19.3. The van der Waals surface area contributed by atoms with Crippen molar-refractivity contribution < 1.29 is 0 Å². The largest absolute Gasteiger partial charge is 0.103 e. The highest BCUT2D eigenvalue weighted by Gasteiger charge is 2.31. The molecule has 0 nitrogen and oxygen atoms in total. The standard InChI is InChI=1S/C23H34.C20H36/c1-3-4-5-19-8-12-21(13-9-19)23-16-14-22(15-17-23)20-10-6-18(2)7-11-20;1-3-5-17-7-11-19(12-8-17)15-16-20-13-9-18(6-4-2)10-14-20/h3,6-7,10-11,19,21-23H,1,4-5,8-9,12-17H2,2H3;15-20H,3-14H2,1-2H3/b;16-15+. The number of benzene rings is 1. The summed E-state index contributed by atoms with van der Waals surface area (Å²) in [6.45, 7) is 10.7. The molecule has 0 N–H and O–H groups in total. The predicted molar refractivity (Wildman–Crippen MR) is 191 cm³/mol. The van der Waals surface area contributed by atoms with Crippen molar-refractivity contribution in [1.82, 2.24) is 0 Å². The molecule has 1 aromatic carbocycles. The molecule has 5 rings (SSSR count). The summed E-state index contributed by atoms with van der Waals surface area (Å²) in [5.74, 6) is 7.81. The second-order valence-corrected chi connectivity index (χ2v) is 15.7. The van der Waals surface area contributed by atoms with Gasteiger partial charge in [-0.2, -0.15) is 0 Å². The van der Waals surface area contributed by atoms with Crippen molar-refractivity contribution in [3.63, 3.8) is 0 Å². The Morgan fingerprint density at radius 1 is 0.558 bits per heavy atom. The first kappa shape index (κ1) is 34.6. The Labute approximate surface area is 269 Å². The molecule has 4 aliphatic carbocycles. The van der Waals surface area contributed by atoms with E-state index >= 15 is 0 Å². The quantitative estimate of drug-likeness (QED) is 0.226. The van der Waals surface area contributed by atoms with Gasteiger partial charge >= 0.3 is 0 Å². The molecule has 0 spiro atoms. The molecular weight excluding hydrogens is 516 g/mol. The minimum Gasteiger partial charge on any atom is -0.103 e. The third-order valence-electron chi connectivity index (χ3n) is 12.5. The van der Waals surface area contributed by atoms with Crippen molar-refractivity contribution in [1.29, 1.82) is 0 Å². The molecule has 0 bridgehead atoms. The van der Waals surface area contributed by atoms with E-state index in [1.54, 1.807) is 5.56 Å². The van der Waals surface area contributed by atoms with Gasteiger partial charge in [0, 0.05) is 0 Å². The van der Waals surface area contributed by atoms with Gasteiger partial charge in [0.05, 0.1) is 0 Å². The van der Waals surface area contributed by atoms with Crippen molar-refractivity contribution >= 4 is 0 Å². The molecule has 0 heterocycles. The Kier molecular flexibility index (Phi) is 15.5. The van der Waals surface area contributed by atoms with Crippen LogP contribution in [0.15, 0.2) is 49.1 Å². The Balaban J connectivity index is 0.000000199. The van der Waals surface area contributed by atoms with Crippen LogP contribution in [0.2, 0.25) is 0 Å². The number of hydrogen-bond acceptors (Lipinski definition) is 0. The van der Waals surface area contributed by atoms with Crippen LogP contribution in [0, 0.1) is 48.3 Å². The SMILES string of the molecule is C=CCCC1CCC(C2CCC(c3ccc(C)cc3)CC2)CC1.CCCC1CCC(/C=C/C2CCC(CCC)CC2)CC1.